The predicted molar refractivity (Wildman–Crippen MR) is 97.0 cm³/mol. The van der Waals surface area contributed by atoms with Crippen molar-refractivity contribution in [2.24, 2.45) is 11.8 Å². The van der Waals surface area contributed by atoms with Crippen molar-refractivity contribution in [1.29, 1.82) is 0 Å². The van der Waals surface area contributed by atoms with Gasteiger partial charge in [0, 0.05) is 24.5 Å². The molecule has 4 nitrogen and oxygen atoms in total. The van der Waals surface area contributed by atoms with E-state index in [2.05, 4.69) is 43.4 Å². The van der Waals surface area contributed by atoms with E-state index in [4.69, 9.17) is 0 Å². The van der Waals surface area contributed by atoms with Gasteiger partial charge in [-0.25, -0.2) is 0 Å². The molecule has 0 radical (unpaired) electrons. The van der Waals surface area contributed by atoms with Gasteiger partial charge in [-0.1, -0.05) is 24.3 Å². The molecule has 1 atom stereocenters. The van der Waals surface area contributed by atoms with Gasteiger partial charge in [0.05, 0.1) is 5.92 Å². The molecule has 1 aliphatic heterocycles. The Kier molecular flexibility index (Phi) is 4.09. The minimum Gasteiger partial charge on any atom is -0.351 e. The van der Waals surface area contributed by atoms with Crippen LogP contribution in [0.1, 0.15) is 50.7 Å². The van der Waals surface area contributed by atoms with Crippen LogP contribution in [-0.4, -0.2) is 34.8 Å². The standard InChI is InChI=1S/C21H28N2O2/c1-21(2,12-14-9-15-5-3-4-6-16(15)10-14)22-20(25)17-11-19(24)23(13-17)18-7-8-18/h3-6,14,17-18H,7-13H2,1-2H3,(H,22,25)/t17-/m1/s1. The molecule has 2 aliphatic carbocycles. The van der Waals surface area contributed by atoms with Gasteiger partial charge in [0.1, 0.15) is 0 Å². The average Bonchev–Trinajstić information content (AvgIpc) is 3.18. The van der Waals surface area contributed by atoms with E-state index in [-0.39, 0.29) is 23.3 Å². The summed E-state index contributed by atoms with van der Waals surface area (Å²) in [5.41, 5.74) is 2.67. The largest absolute Gasteiger partial charge is 0.351 e. The van der Waals surface area contributed by atoms with Crippen molar-refractivity contribution in [3.63, 3.8) is 0 Å². The molecule has 1 aromatic rings. The van der Waals surface area contributed by atoms with Crippen molar-refractivity contribution < 1.29 is 9.59 Å². The minimum absolute atomic E-state index is 0.0528. The lowest BCUT2D eigenvalue weighted by molar-refractivity contribution is -0.129. The minimum atomic E-state index is -0.236. The molecule has 25 heavy (non-hydrogen) atoms. The van der Waals surface area contributed by atoms with Crippen LogP contribution in [0, 0.1) is 11.8 Å². The summed E-state index contributed by atoms with van der Waals surface area (Å²) in [5.74, 6) is 0.623. The van der Waals surface area contributed by atoms with E-state index in [0.717, 1.165) is 32.1 Å². The van der Waals surface area contributed by atoms with E-state index in [1.807, 2.05) is 4.90 Å². The molecule has 4 rings (SSSR count). The van der Waals surface area contributed by atoms with E-state index in [1.54, 1.807) is 0 Å². The Morgan fingerprint density at radius 1 is 1.16 bits per heavy atom. The third-order valence-electron chi connectivity index (χ3n) is 5.91. The summed E-state index contributed by atoms with van der Waals surface area (Å²) in [5, 5.41) is 3.23. The van der Waals surface area contributed by atoms with Gasteiger partial charge in [0.15, 0.2) is 0 Å². The Labute approximate surface area is 150 Å². The number of fused-ring (bicyclic) bond motifs is 1. The van der Waals surface area contributed by atoms with Gasteiger partial charge < -0.3 is 10.2 Å². The molecular formula is C21H28N2O2. The van der Waals surface area contributed by atoms with E-state index >= 15 is 0 Å². The molecule has 1 saturated carbocycles. The number of nitrogens with zero attached hydrogens (tertiary/aromatic N) is 1. The van der Waals surface area contributed by atoms with Crippen LogP contribution in [0.25, 0.3) is 0 Å². The topological polar surface area (TPSA) is 49.4 Å². The number of nitrogens with one attached hydrogen (secondary N) is 1. The first kappa shape index (κ1) is 16.6. The fourth-order valence-electron chi connectivity index (χ4n) is 4.65. The van der Waals surface area contributed by atoms with E-state index < -0.39 is 0 Å². The number of rotatable bonds is 5. The summed E-state index contributed by atoms with van der Waals surface area (Å²) in [6.07, 6.45) is 5.77. The summed E-state index contributed by atoms with van der Waals surface area (Å²) < 4.78 is 0. The Hall–Kier alpha value is -1.84. The molecule has 2 fully saturated rings. The van der Waals surface area contributed by atoms with Crippen LogP contribution >= 0.6 is 0 Å². The maximum Gasteiger partial charge on any atom is 0.225 e. The van der Waals surface area contributed by atoms with Crippen molar-refractivity contribution in [2.75, 3.05) is 6.54 Å². The number of hydrogen-bond acceptors (Lipinski definition) is 2. The van der Waals surface area contributed by atoms with Gasteiger partial charge in [-0.15, -0.1) is 0 Å². The van der Waals surface area contributed by atoms with Crippen LogP contribution < -0.4 is 5.32 Å². The first-order chi connectivity index (χ1) is 11.9. The quantitative estimate of drug-likeness (QED) is 0.896. The fraction of sp³-hybridized carbons (Fsp3) is 0.619. The van der Waals surface area contributed by atoms with Crippen LogP contribution in [0.2, 0.25) is 0 Å². The molecular weight excluding hydrogens is 312 g/mol. The zero-order chi connectivity index (χ0) is 17.6. The molecule has 134 valence electrons. The number of benzene rings is 1. The maximum absolute atomic E-state index is 12.7. The molecule has 0 aromatic heterocycles. The molecule has 0 unspecified atom stereocenters. The lowest BCUT2D eigenvalue weighted by Gasteiger charge is -2.30. The highest BCUT2D eigenvalue weighted by Gasteiger charge is 2.42. The third-order valence-corrected chi connectivity index (χ3v) is 5.91. The molecule has 1 aromatic carbocycles. The molecule has 0 bridgehead atoms. The second-order valence-corrected chi connectivity index (χ2v) is 8.80. The zero-order valence-corrected chi connectivity index (χ0v) is 15.3. The number of amides is 2. The molecule has 1 heterocycles. The molecule has 1 saturated heterocycles. The van der Waals surface area contributed by atoms with E-state index in [0.29, 0.717) is 24.9 Å². The van der Waals surface area contributed by atoms with Crippen LogP contribution in [-0.2, 0) is 22.4 Å². The molecule has 4 heteroatoms. The van der Waals surface area contributed by atoms with Gasteiger partial charge >= 0.3 is 0 Å². The highest BCUT2D eigenvalue weighted by Crippen LogP contribution is 2.34. The monoisotopic (exact) mass is 340 g/mol. The van der Waals surface area contributed by atoms with Crippen molar-refractivity contribution in [3.05, 3.63) is 35.4 Å². The highest BCUT2D eigenvalue weighted by molar-refractivity contribution is 5.89. The zero-order valence-electron chi connectivity index (χ0n) is 15.3. The fourth-order valence-corrected chi connectivity index (χ4v) is 4.65. The summed E-state index contributed by atoms with van der Waals surface area (Å²) in [7, 11) is 0. The first-order valence-corrected chi connectivity index (χ1v) is 9.59. The Bertz CT molecular complexity index is 668. The normalized spacial score (nSPS) is 23.8. The highest BCUT2D eigenvalue weighted by atomic mass is 16.2. The van der Waals surface area contributed by atoms with Gasteiger partial charge in [-0.2, -0.15) is 0 Å². The van der Waals surface area contributed by atoms with Crippen LogP contribution in [0.5, 0.6) is 0 Å². The van der Waals surface area contributed by atoms with Gasteiger partial charge in [0.25, 0.3) is 0 Å². The van der Waals surface area contributed by atoms with E-state index in [1.165, 1.54) is 11.1 Å². The summed E-state index contributed by atoms with van der Waals surface area (Å²) in [4.78, 5) is 26.7. The first-order valence-electron chi connectivity index (χ1n) is 9.59. The van der Waals surface area contributed by atoms with Crippen molar-refractivity contribution in [2.45, 2.75) is 64.0 Å². The van der Waals surface area contributed by atoms with Crippen LogP contribution in [0.4, 0.5) is 0 Å². The molecule has 2 amide bonds. The second-order valence-electron chi connectivity index (χ2n) is 8.80. The Morgan fingerprint density at radius 2 is 1.80 bits per heavy atom. The SMILES string of the molecule is CC(C)(CC1Cc2ccccc2C1)NC(=O)[C@@H]1CC(=O)N(C2CC2)C1. The predicted octanol–water partition coefficient (Wildman–Crippen LogP) is 2.70. The van der Waals surface area contributed by atoms with Gasteiger partial charge in [0.2, 0.25) is 11.8 Å². The summed E-state index contributed by atoms with van der Waals surface area (Å²) in [6, 6.07) is 9.07. The summed E-state index contributed by atoms with van der Waals surface area (Å²) >= 11 is 0. The number of carbonyl (C=O) groups is 2. The van der Waals surface area contributed by atoms with Gasteiger partial charge in [-0.05, 0) is 63.0 Å². The molecule has 3 aliphatic rings. The molecule has 0 spiro atoms. The Morgan fingerprint density at radius 3 is 2.40 bits per heavy atom. The van der Waals surface area contributed by atoms with E-state index in [9.17, 15) is 9.59 Å². The lowest BCUT2D eigenvalue weighted by atomic mass is 9.88. The molecule has 1 N–H and O–H groups in total. The maximum atomic E-state index is 12.7. The van der Waals surface area contributed by atoms with Crippen LogP contribution in [0.3, 0.4) is 0 Å². The third kappa shape index (κ3) is 3.58. The Balaban J connectivity index is 1.32. The summed E-state index contributed by atoms with van der Waals surface area (Å²) in [6.45, 7) is 4.84. The number of hydrogen-bond donors (Lipinski definition) is 1. The number of carbonyl (C=O) groups excluding carboxylic acids is 2. The lowest BCUT2D eigenvalue weighted by Crippen LogP contribution is -2.47. The van der Waals surface area contributed by atoms with Gasteiger partial charge in [-0.3, -0.25) is 9.59 Å². The number of likely N-dealkylation sites (tertiary alicyclic amines) is 1. The van der Waals surface area contributed by atoms with Crippen molar-refractivity contribution >= 4 is 11.8 Å². The smallest absolute Gasteiger partial charge is 0.225 e. The van der Waals surface area contributed by atoms with Crippen molar-refractivity contribution in [3.8, 4) is 0 Å². The average molecular weight is 340 g/mol. The van der Waals surface area contributed by atoms with Crippen molar-refractivity contribution in [1.82, 2.24) is 10.2 Å². The van der Waals surface area contributed by atoms with Crippen LogP contribution in [0.15, 0.2) is 24.3 Å². The second kappa shape index (κ2) is 6.15.